The average molecular weight is 342 g/mol. The lowest BCUT2D eigenvalue weighted by Gasteiger charge is -2.23. The maximum absolute atomic E-state index is 12.3. The highest BCUT2D eigenvalue weighted by molar-refractivity contribution is 7.11. The van der Waals surface area contributed by atoms with Gasteiger partial charge in [-0.3, -0.25) is 9.59 Å². The largest absolute Gasteiger partial charge is 0.330 e. The summed E-state index contributed by atoms with van der Waals surface area (Å²) in [6.45, 7) is 5.67. The van der Waals surface area contributed by atoms with E-state index in [0.717, 1.165) is 15.6 Å². The lowest BCUT2D eigenvalue weighted by Crippen LogP contribution is -2.38. The molecule has 1 aromatic heterocycles. The van der Waals surface area contributed by atoms with E-state index in [1.165, 1.54) is 16.2 Å². The molecule has 6 nitrogen and oxygen atoms in total. The first kappa shape index (κ1) is 17.6. The fourth-order valence-corrected chi connectivity index (χ4v) is 3.28. The number of hydrogen-bond donors (Lipinski definition) is 1. The second-order valence-corrected chi connectivity index (χ2v) is 6.65. The summed E-state index contributed by atoms with van der Waals surface area (Å²) in [5.41, 5.74) is 1.83. The summed E-state index contributed by atoms with van der Waals surface area (Å²) in [4.78, 5) is 31.2. The molecule has 1 N–H and O–H groups in total. The monoisotopic (exact) mass is 342 g/mol. The van der Waals surface area contributed by atoms with E-state index < -0.39 is 11.8 Å². The van der Waals surface area contributed by atoms with Crippen molar-refractivity contribution in [2.45, 2.75) is 26.8 Å². The van der Waals surface area contributed by atoms with Crippen LogP contribution in [0.3, 0.4) is 0 Å². The molecule has 0 aliphatic heterocycles. The zero-order valence-corrected chi connectivity index (χ0v) is 14.8. The van der Waals surface area contributed by atoms with Crippen molar-refractivity contribution in [3.63, 3.8) is 0 Å². The third-order valence-electron chi connectivity index (χ3n) is 3.69. The molecule has 0 saturated heterocycles. The van der Waals surface area contributed by atoms with E-state index in [0.29, 0.717) is 11.3 Å². The van der Waals surface area contributed by atoms with Crippen LogP contribution in [0.2, 0.25) is 0 Å². The molecule has 1 unspecified atom stereocenters. The van der Waals surface area contributed by atoms with Crippen LogP contribution < -0.4 is 5.32 Å². The van der Waals surface area contributed by atoms with Crippen molar-refractivity contribution >= 4 is 28.8 Å². The number of hydrogen-bond acceptors (Lipinski definition) is 5. The molecule has 2 rings (SSSR count). The van der Waals surface area contributed by atoms with Crippen LogP contribution in [0, 0.1) is 25.2 Å². The molecule has 2 amide bonds. The number of aryl methyl sites for hydroxylation is 2. The molecular formula is C17H18N4O2S. The quantitative estimate of drug-likeness (QED) is 0.869. The van der Waals surface area contributed by atoms with Gasteiger partial charge in [0.2, 0.25) is 0 Å². The topological polar surface area (TPSA) is 86.1 Å². The van der Waals surface area contributed by atoms with Crippen molar-refractivity contribution in [3.05, 3.63) is 45.4 Å². The Morgan fingerprint density at radius 3 is 2.42 bits per heavy atom. The number of nitrogens with zero attached hydrogens (tertiary/aromatic N) is 3. The molecular weight excluding hydrogens is 324 g/mol. The molecule has 24 heavy (non-hydrogen) atoms. The standard InChI is InChI=1S/C17H18N4O2S/c1-10-15(24-12(3)19-10)11(2)21(4)17(23)16(22)20-14-7-5-13(9-18)6-8-14/h5-8,11H,1-4H3,(H,20,22). The number of benzene rings is 1. The molecule has 1 atom stereocenters. The number of amides is 2. The second-order valence-electron chi connectivity index (χ2n) is 5.42. The van der Waals surface area contributed by atoms with E-state index in [4.69, 9.17) is 5.26 Å². The van der Waals surface area contributed by atoms with Gasteiger partial charge in [0.15, 0.2) is 0 Å². The summed E-state index contributed by atoms with van der Waals surface area (Å²) in [5, 5.41) is 12.2. The Morgan fingerprint density at radius 1 is 1.29 bits per heavy atom. The molecule has 0 saturated carbocycles. The number of nitriles is 1. The number of likely N-dealkylation sites (N-methyl/N-ethyl adjacent to an activating group) is 1. The number of nitrogens with one attached hydrogen (secondary N) is 1. The summed E-state index contributed by atoms with van der Waals surface area (Å²) in [5.74, 6) is -1.34. The third kappa shape index (κ3) is 3.78. The molecule has 0 fully saturated rings. The Balaban J connectivity index is 2.07. The number of thiazole rings is 1. The van der Waals surface area contributed by atoms with E-state index in [1.54, 1.807) is 31.3 Å². The van der Waals surface area contributed by atoms with Crippen molar-refractivity contribution in [1.82, 2.24) is 9.88 Å². The van der Waals surface area contributed by atoms with Gasteiger partial charge in [0.25, 0.3) is 0 Å². The first-order chi connectivity index (χ1) is 11.3. The Bertz CT molecular complexity index is 805. The molecule has 1 aromatic carbocycles. The summed E-state index contributed by atoms with van der Waals surface area (Å²) < 4.78 is 0. The van der Waals surface area contributed by atoms with Crippen LogP contribution in [0.1, 0.15) is 34.1 Å². The summed E-state index contributed by atoms with van der Waals surface area (Å²) in [6, 6.07) is 8.09. The minimum atomic E-state index is -0.715. The first-order valence-electron chi connectivity index (χ1n) is 7.35. The predicted octanol–water partition coefficient (Wildman–Crippen LogP) is 2.79. The molecule has 2 aromatic rings. The van der Waals surface area contributed by atoms with Crippen LogP contribution in [0.4, 0.5) is 5.69 Å². The van der Waals surface area contributed by atoms with Gasteiger partial charge in [-0.05, 0) is 45.0 Å². The molecule has 0 bridgehead atoms. The van der Waals surface area contributed by atoms with Gasteiger partial charge in [-0.1, -0.05) is 0 Å². The Labute approximate surface area is 144 Å². The fraction of sp³-hybridized carbons (Fsp3) is 0.294. The minimum absolute atomic E-state index is 0.240. The number of carbonyl (C=O) groups is 2. The second kappa shape index (κ2) is 7.23. The maximum atomic E-state index is 12.3. The van der Waals surface area contributed by atoms with Gasteiger partial charge >= 0.3 is 11.8 Å². The molecule has 1 heterocycles. The van der Waals surface area contributed by atoms with Gasteiger partial charge in [0.05, 0.1) is 28.4 Å². The van der Waals surface area contributed by atoms with Crippen molar-refractivity contribution < 1.29 is 9.59 Å². The minimum Gasteiger partial charge on any atom is -0.330 e. The lowest BCUT2D eigenvalue weighted by atomic mass is 10.2. The van der Waals surface area contributed by atoms with Crippen molar-refractivity contribution in [2.75, 3.05) is 12.4 Å². The van der Waals surface area contributed by atoms with Crippen molar-refractivity contribution in [2.24, 2.45) is 0 Å². The highest BCUT2D eigenvalue weighted by Crippen LogP contribution is 2.28. The highest BCUT2D eigenvalue weighted by atomic mass is 32.1. The van der Waals surface area contributed by atoms with E-state index in [-0.39, 0.29) is 6.04 Å². The number of rotatable bonds is 3. The fourth-order valence-electron chi connectivity index (χ4n) is 2.26. The zero-order valence-electron chi connectivity index (χ0n) is 14.0. The smallest absolute Gasteiger partial charge is 0.313 e. The molecule has 0 radical (unpaired) electrons. The van der Waals surface area contributed by atoms with E-state index >= 15 is 0 Å². The van der Waals surface area contributed by atoms with E-state index in [9.17, 15) is 9.59 Å². The zero-order chi connectivity index (χ0) is 17.9. The predicted molar refractivity (Wildman–Crippen MR) is 92.6 cm³/mol. The van der Waals surface area contributed by atoms with Gasteiger partial charge in [-0.2, -0.15) is 5.26 Å². The Morgan fingerprint density at radius 2 is 1.92 bits per heavy atom. The molecule has 0 aliphatic rings. The number of carbonyl (C=O) groups excluding carboxylic acids is 2. The highest BCUT2D eigenvalue weighted by Gasteiger charge is 2.26. The van der Waals surface area contributed by atoms with Crippen LogP contribution in [0.25, 0.3) is 0 Å². The van der Waals surface area contributed by atoms with E-state index in [2.05, 4.69) is 10.3 Å². The van der Waals surface area contributed by atoms with Crippen molar-refractivity contribution in [1.29, 1.82) is 5.26 Å². The van der Waals surface area contributed by atoms with Crippen LogP contribution in [-0.2, 0) is 9.59 Å². The SMILES string of the molecule is Cc1nc(C)c(C(C)N(C)C(=O)C(=O)Nc2ccc(C#N)cc2)s1. The van der Waals surface area contributed by atoms with Crippen LogP contribution in [0.5, 0.6) is 0 Å². The average Bonchev–Trinajstić information content (AvgIpc) is 2.91. The van der Waals surface area contributed by atoms with Crippen LogP contribution in [0.15, 0.2) is 24.3 Å². The molecule has 0 spiro atoms. The Kier molecular flexibility index (Phi) is 5.31. The molecule has 124 valence electrons. The normalized spacial score (nSPS) is 11.5. The Hall–Kier alpha value is -2.72. The maximum Gasteiger partial charge on any atom is 0.313 e. The molecule has 0 aliphatic carbocycles. The van der Waals surface area contributed by atoms with Gasteiger partial charge < -0.3 is 10.2 Å². The summed E-state index contributed by atoms with van der Waals surface area (Å²) >= 11 is 1.52. The number of aromatic nitrogens is 1. The van der Waals surface area contributed by atoms with Crippen LogP contribution >= 0.6 is 11.3 Å². The number of anilines is 1. The summed E-state index contributed by atoms with van der Waals surface area (Å²) in [6.07, 6.45) is 0. The van der Waals surface area contributed by atoms with Gasteiger partial charge in [-0.25, -0.2) is 4.98 Å². The van der Waals surface area contributed by atoms with Gasteiger partial charge in [-0.15, -0.1) is 11.3 Å². The molecule has 7 heteroatoms. The first-order valence-corrected chi connectivity index (χ1v) is 8.17. The van der Waals surface area contributed by atoms with E-state index in [1.807, 2.05) is 26.8 Å². The van der Waals surface area contributed by atoms with Crippen LogP contribution in [-0.4, -0.2) is 28.7 Å². The lowest BCUT2D eigenvalue weighted by molar-refractivity contribution is -0.143. The van der Waals surface area contributed by atoms with Gasteiger partial charge in [0, 0.05) is 17.6 Å². The summed E-state index contributed by atoms with van der Waals surface area (Å²) in [7, 11) is 1.60. The van der Waals surface area contributed by atoms with Crippen molar-refractivity contribution in [3.8, 4) is 6.07 Å². The third-order valence-corrected chi connectivity index (χ3v) is 4.93. The van der Waals surface area contributed by atoms with Gasteiger partial charge in [0.1, 0.15) is 0 Å².